The predicted octanol–water partition coefficient (Wildman–Crippen LogP) is 2.83. The van der Waals surface area contributed by atoms with E-state index < -0.39 is 0 Å². The molecule has 0 amide bonds. The first-order chi connectivity index (χ1) is 6.72. The van der Waals surface area contributed by atoms with Gasteiger partial charge >= 0.3 is 0 Å². The minimum atomic E-state index is 0.540. The van der Waals surface area contributed by atoms with Gasteiger partial charge in [0.2, 0.25) is 0 Å². The summed E-state index contributed by atoms with van der Waals surface area (Å²) in [5.41, 5.74) is 2.98. The Morgan fingerprint density at radius 1 is 1.21 bits per heavy atom. The third-order valence-electron chi connectivity index (χ3n) is 3.33. The van der Waals surface area contributed by atoms with Crippen molar-refractivity contribution in [3.05, 3.63) is 0 Å². The average Bonchev–Trinajstić information content (AvgIpc) is 2.17. The fraction of sp³-hybridized carbons (Fsp3) is 1.00. The smallest absolute Gasteiger partial charge is 0.0215 e. The van der Waals surface area contributed by atoms with Gasteiger partial charge in [-0.2, -0.15) is 0 Å². The van der Waals surface area contributed by atoms with Crippen LogP contribution in [0.25, 0.3) is 0 Å². The van der Waals surface area contributed by atoms with Crippen LogP contribution in [-0.2, 0) is 0 Å². The molecule has 1 unspecified atom stereocenters. The number of hydrazine groups is 1. The molecule has 0 aromatic heterocycles. The lowest BCUT2D eigenvalue weighted by atomic mass is 9.83. The lowest BCUT2D eigenvalue weighted by molar-refractivity contribution is 0.279. The molecule has 0 spiro atoms. The van der Waals surface area contributed by atoms with Gasteiger partial charge < -0.3 is 0 Å². The highest BCUT2D eigenvalue weighted by molar-refractivity contribution is 4.74. The molecule has 0 aromatic carbocycles. The van der Waals surface area contributed by atoms with Crippen LogP contribution < -0.4 is 11.3 Å². The van der Waals surface area contributed by atoms with Crippen molar-refractivity contribution in [2.75, 3.05) is 0 Å². The second-order valence-corrected chi connectivity index (χ2v) is 5.23. The molecule has 3 N–H and O–H groups in total. The quantitative estimate of drug-likeness (QED) is 0.526. The fourth-order valence-electron chi connectivity index (χ4n) is 2.63. The Balaban J connectivity index is 2.23. The standard InChI is InChI=1S/C12H26N2/c1-10(2)8-12(14-13)9-11-6-4-3-5-7-11/h10-12,14H,3-9,13H2,1-2H3. The van der Waals surface area contributed by atoms with Crippen molar-refractivity contribution < 1.29 is 0 Å². The molecule has 1 aliphatic rings. The van der Waals surface area contributed by atoms with E-state index in [2.05, 4.69) is 19.3 Å². The Morgan fingerprint density at radius 3 is 2.36 bits per heavy atom. The van der Waals surface area contributed by atoms with E-state index in [1.54, 1.807) is 0 Å². The Kier molecular flexibility index (Phi) is 5.49. The van der Waals surface area contributed by atoms with E-state index >= 15 is 0 Å². The van der Waals surface area contributed by atoms with Crippen molar-refractivity contribution in [3.8, 4) is 0 Å². The normalized spacial score (nSPS) is 21.4. The zero-order valence-corrected chi connectivity index (χ0v) is 9.76. The molecule has 14 heavy (non-hydrogen) atoms. The van der Waals surface area contributed by atoms with E-state index in [0.717, 1.165) is 11.8 Å². The van der Waals surface area contributed by atoms with Crippen molar-refractivity contribution in [1.29, 1.82) is 0 Å². The highest BCUT2D eigenvalue weighted by Gasteiger charge is 2.18. The van der Waals surface area contributed by atoms with Crippen LogP contribution >= 0.6 is 0 Å². The van der Waals surface area contributed by atoms with Gasteiger partial charge in [0.05, 0.1) is 0 Å². The van der Waals surface area contributed by atoms with Gasteiger partial charge in [-0.3, -0.25) is 11.3 Å². The first-order valence-electron chi connectivity index (χ1n) is 6.18. The molecule has 2 heteroatoms. The van der Waals surface area contributed by atoms with Crippen molar-refractivity contribution in [2.45, 2.75) is 64.8 Å². The van der Waals surface area contributed by atoms with Crippen LogP contribution in [0.4, 0.5) is 0 Å². The molecular formula is C12H26N2. The lowest BCUT2D eigenvalue weighted by Gasteiger charge is -2.27. The van der Waals surface area contributed by atoms with Gasteiger partial charge in [0.1, 0.15) is 0 Å². The van der Waals surface area contributed by atoms with Crippen LogP contribution in [-0.4, -0.2) is 6.04 Å². The largest absolute Gasteiger partial charge is 0.271 e. The summed E-state index contributed by atoms with van der Waals surface area (Å²) in [4.78, 5) is 0. The summed E-state index contributed by atoms with van der Waals surface area (Å²) in [5.74, 6) is 7.27. The van der Waals surface area contributed by atoms with Gasteiger partial charge in [-0.25, -0.2) is 0 Å². The monoisotopic (exact) mass is 198 g/mol. The first-order valence-corrected chi connectivity index (χ1v) is 6.18. The van der Waals surface area contributed by atoms with Crippen molar-refractivity contribution in [2.24, 2.45) is 17.7 Å². The maximum atomic E-state index is 5.59. The number of nitrogens with one attached hydrogen (secondary N) is 1. The summed E-state index contributed by atoms with van der Waals surface area (Å²) in [6.07, 6.45) is 9.67. The second kappa shape index (κ2) is 6.41. The topological polar surface area (TPSA) is 38.0 Å². The maximum absolute atomic E-state index is 5.59. The number of hydrogen-bond donors (Lipinski definition) is 2. The van der Waals surface area contributed by atoms with Crippen LogP contribution in [0.1, 0.15) is 58.8 Å². The SMILES string of the molecule is CC(C)CC(CC1CCCCC1)NN. The Morgan fingerprint density at radius 2 is 1.86 bits per heavy atom. The van der Waals surface area contributed by atoms with Gasteiger partial charge in [0.15, 0.2) is 0 Å². The molecule has 0 aromatic rings. The summed E-state index contributed by atoms with van der Waals surface area (Å²) < 4.78 is 0. The Bertz CT molecular complexity index is 139. The third kappa shape index (κ3) is 4.43. The number of nitrogens with two attached hydrogens (primary N) is 1. The van der Waals surface area contributed by atoms with Crippen LogP contribution in [0.2, 0.25) is 0 Å². The minimum Gasteiger partial charge on any atom is -0.271 e. The molecule has 1 saturated carbocycles. The molecule has 1 aliphatic carbocycles. The molecule has 1 rings (SSSR count). The number of hydrogen-bond acceptors (Lipinski definition) is 2. The highest BCUT2D eigenvalue weighted by atomic mass is 15.2. The molecule has 1 fully saturated rings. The van der Waals surface area contributed by atoms with Crippen molar-refractivity contribution in [3.63, 3.8) is 0 Å². The van der Waals surface area contributed by atoms with Crippen LogP contribution in [0.5, 0.6) is 0 Å². The van der Waals surface area contributed by atoms with E-state index in [1.165, 1.54) is 44.9 Å². The van der Waals surface area contributed by atoms with Crippen LogP contribution in [0.15, 0.2) is 0 Å². The molecule has 0 bridgehead atoms. The van der Waals surface area contributed by atoms with E-state index in [-0.39, 0.29) is 0 Å². The first kappa shape index (κ1) is 12.0. The fourth-order valence-corrected chi connectivity index (χ4v) is 2.63. The predicted molar refractivity (Wildman–Crippen MR) is 61.8 cm³/mol. The summed E-state index contributed by atoms with van der Waals surface area (Å²) in [5, 5.41) is 0. The van der Waals surface area contributed by atoms with Gasteiger partial charge in [0, 0.05) is 6.04 Å². The zero-order chi connectivity index (χ0) is 10.4. The van der Waals surface area contributed by atoms with Crippen molar-refractivity contribution in [1.82, 2.24) is 5.43 Å². The number of rotatable bonds is 5. The average molecular weight is 198 g/mol. The van der Waals surface area contributed by atoms with E-state index in [9.17, 15) is 0 Å². The minimum absolute atomic E-state index is 0.540. The Hall–Kier alpha value is -0.0800. The van der Waals surface area contributed by atoms with Gasteiger partial charge in [0.25, 0.3) is 0 Å². The molecule has 2 nitrogen and oxygen atoms in total. The van der Waals surface area contributed by atoms with E-state index in [4.69, 9.17) is 5.84 Å². The molecule has 0 saturated heterocycles. The summed E-state index contributed by atoms with van der Waals surface area (Å²) in [7, 11) is 0. The molecule has 1 atom stereocenters. The van der Waals surface area contributed by atoms with Crippen molar-refractivity contribution >= 4 is 0 Å². The molecular weight excluding hydrogens is 172 g/mol. The van der Waals surface area contributed by atoms with Crippen LogP contribution in [0.3, 0.4) is 0 Å². The van der Waals surface area contributed by atoms with Gasteiger partial charge in [-0.05, 0) is 24.7 Å². The molecule has 0 aliphatic heterocycles. The molecule has 0 heterocycles. The maximum Gasteiger partial charge on any atom is 0.0215 e. The van der Waals surface area contributed by atoms with Crippen LogP contribution in [0, 0.1) is 11.8 Å². The summed E-state index contributed by atoms with van der Waals surface area (Å²) in [6.45, 7) is 4.54. The summed E-state index contributed by atoms with van der Waals surface area (Å²) >= 11 is 0. The summed E-state index contributed by atoms with van der Waals surface area (Å²) in [6, 6.07) is 0.540. The Labute approximate surface area is 88.6 Å². The molecule has 0 radical (unpaired) electrons. The second-order valence-electron chi connectivity index (χ2n) is 5.23. The molecule has 84 valence electrons. The van der Waals surface area contributed by atoms with E-state index in [1.807, 2.05) is 0 Å². The lowest BCUT2D eigenvalue weighted by Crippen LogP contribution is -2.37. The van der Waals surface area contributed by atoms with Gasteiger partial charge in [-0.15, -0.1) is 0 Å². The van der Waals surface area contributed by atoms with Gasteiger partial charge in [-0.1, -0.05) is 46.0 Å². The highest BCUT2D eigenvalue weighted by Crippen LogP contribution is 2.28. The zero-order valence-electron chi connectivity index (χ0n) is 9.76. The third-order valence-corrected chi connectivity index (χ3v) is 3.33. The van der Waals surface area contributed by atoms with E-state index in [0.29, 0.717) is 6.04 Å².